The third-order valence-electron chi connectivity index (χ3n) is 3.32. The fraction of sp³-hybridized carbons (Fsp3) is 0.308. The average Bonchev–Trinajstić information content (AvgIpc) is 3.09. The van der Waals surface area contributed by atoms with E-state index < -0.39 is 0 Å². The number of hydrogen-bond donors (Lipinski definition) is 1. The first-order chi connectivity index (χ1) is 8.84. The van der Waals surface area contributed by atoms with Crippen molar-refractivity contribution in [3.05, 3.63) is 48.0 Å². The highest BCUT2D eigenvalue weighted by Gasteiger charge is 2.28. The van der Waals surface area contributed by atoms with Gasteiger partial charge in [0.25, 0.3) is 5.91 Å². The Kier molecular flexibility index (Phi) is 2.80. The summed E-state index contributed by atoms with van der Waals surface area (Å²) in [5.74, 6) is 0.373. The highest BCUT2D eigenvalue weighted by atomic mass is 16.2. The monoisotopic (exact) mass is 242 g/mol. The molecule has 1 aliphatic heterocycles. The Balaban J connectivity index is 1.71. The number of carbonyl (C=O) groups excluding carboxylic acids is 1. The van der Waals surface area contributed by atoms with Gasteiger partial charge in [-0.1, -0.05) is 6.07 Å². The molecule has 18 heavy (non-hydrogen) atoms. The summed E-state index contributed by atoms with van der Waals surface area (Å²) in [6.07, 6.45) is 4.37. The van der Waals surface area contributed by atoms with Gasteiger partial charge in [0.1, 0.15) is 5.69 Å². The predicted molar refractivity (Wildman–Crippen MR) is 66.1 cm³/mol. The number of carbonyl (C=O) groups is 1. The van der Waals surface area contributed by atoms with E-state index in [0.717, 1.165) is 25.2 Å². The van der Waals surface area contributed by atoms with Crippen molar-refractivity contribution in [1.82, 2.24) is 20.1 Å². The fourth-order valence-corrected chi connectivity index (χ4v) is 2.34. The van der Waals surface area contributed by atoms with Crippen LogP contribution in [0.5, 0.6) is 0 Å². The van der Waals surface area contributed by atoms with Gasteiger partial charge in [-0.2, -0.15) is 5.10 Å². The second kappa shape index (κ2) is 4.60. The van der Waals surface area contributed by atoms with Crippen LogP contribution in [0.15, 0.2) is 36.7 Å². The summed E-state index contributed by atoms with van der Waals surface area (Å²) in [5, 5.41) is 6.93. The standard InChI is InChI=1S/C13H14N4O/c18-13(12-3-1-2-6-14-12)17-8-5-10(9-17)11-4-7-15-16-11/h1-4,6-7,10H,5,8-9H2,(H,15,16)/t10-/m0/s1. The van der Waals surface area contributed by atoms with Crippen LogP contribution in [-0.4, -0.2) is 39.1 Å². The molecular formula is C13H14N4O. The maximum absolute atomic E-state index is 12.2. The van der Waals surface area contributed by atoms with Gasteiger partial charge in [0, 0.05) is 37.1 Å². The summed E-state index contributed by atoms with van der Waals surface area (Å²) >= 11 is 0. The van der Waals surface area contributed by atoms with E-state index in [1.165, 1.54) is 0 Å². The molecule has 2 aromatic heterocycles. The summed E-state index contributed by atoms with van der Waals surface area (Å²) in [6, 6.07) is 7.38. The number of aromatic nitrogens is 3. The third-order valence-corrected chi connectivity index (χ3v) is 3.32. The molecule has 0 saturated carbocycles. The van der Waals surface area contributed by atoms with E-state index >= 15 is 0 Å². The molecule has 92 valence electrons. The minimum absolute atomic E-state index is 0.0117. The van der Waals surface area contributed by atoms with Gasteiger partial charge in [0.15, 0.2) is 0 Å². The Bertz CT molecular complexity index is 523. The molecule has 3 heterocycles. The molecule has 1 N–H and O–H groups in total. The van der Waals surface area contributed by atoms with E-state index in [2.05, 4.69) is 15.2 Å². The van der Waals surface area contributed by atoms with Gasteiger partial charge in [-0.25, -0.2) is 0 Å². The van der Waals surface area contributed by atoms with Crippen molar-refractivity contribution < 1.29 is 4.79 Å². The zero-order chi connectivity index (χ0) is 12.4. The van der Waals surface area contributed by atoms with Crippen LogP contribution in [0.25, 0.3) is 0 Å². The number of pyridine rings is 1. The molecule has 1 aliphatic rings. The maximum Gasteiger partial charge on any atom is 0.272 e. The SMILES string of the molecule is O=C(c1ccccn1)N1CC[C@H](c2ccn[nH]2)C1. The highest BCUT2D eigenvalue weighted by molar-refractivity contribution is 5.92. The number of nitrogens with one attached hydrogen (secondary N) is 1. The van der Waals surface area contributed by atoms with Gasteiger partial charge in [-0.15, -0.1) is 0 Å². The molecule has 0 radical (unpaired) electrons. The summed E-state index contributed by atoms with van der Waals surface area (Å²) in [4.78, 5) is 18.2. The first-order valence-electron chi connectivity index (χ1n) is 6.04. The van der Waals surface area contributed by atoms with E-state index in [9.17, 15) is 4.79 Å². The lowest BCUT2D eigenvalue weighted by Crippen LogP contribution is -2.29. The second-order valence-electron chi connectivity index (χ2n) is 4.46. The Morgan fingerprint density at radius 3 is 3.00 bits per heavy atom. The van der Waals surface area contributed by atoms with E-state index in [0.29, 0.717) is 11.6 Å². The lowest BCUT2D eigenvalue weighted by Gasteiger charge is -2.15. The van der Waals surface area contributed by atoms with Crippen molar-refractivity contribution in [2.75, 3.05) is 13.1 Å². The van der Waals surface area contributed by atoms with Crippen LogP contribution in [0.4, 0.5) is 0 Å². The van der Waals surface area contributed by atoms with E-state index in [1.807, 2.05) is 23.1 Å². The molecule has 0 unspecified atom stereocenters. The largest absolute Gasteiger partial charge is 0.337 e. The van der Waals surface area contributed by atoms with E-state index in [1.54, 1.807) is 18.5 Å². The topological polar surface area (TPSA) is 61.9 Å². The first kappa shape index (κ1) is 11.0. The molecule has 1 atom stereocenters. The summed E-state index contributed by atoms with van der Waals surface area (Å²) in [5.41, 5.74) is 1.62. The lowest BCUT2D eigenvalue weighted by molar-refractivity contribution is 0.0785. The van der Waals surface area contributed by atoms with Crippen LogP contribution in [0.3, 0.4) is 0 Å². The molecule has 5 nitrogen and oxygen atoms in total. The van der Waals surface area contributed by atoms with Crippen LogP contribution in [-0.2, 0) is 0 Å². The molecule has 0 bridgehead atoms. The van der Waals surface area contributed by atoms with Crippen LogP contribution >= 0.6 is 0 Å². The number of H-pyrrole nitrogens is 1. The zero-order valence-corrected chi connectivity index (χ0v) is 9.91. The van der Waals surface area contributed by atoms with Crippen molar-refractivity contribution >= 4 is 5.91 Å². The number of rotatable bonds is 2. The maximum atomic E-state index is 12.2. The van der Waals surface area contributed by atoms with Gasteiger partial charge in [-0.05, 0) is 24.6 Å². The van der Waals surface area contributed by atoms with Gasteiger partial charge < -0.3 is 4.90 Å². The van der Waals surface area contributed by atoms with Crippen molar-refractivity contribution in [3.63, 3.8) is 0 Å². The lowest BCUT2D eigenvalue weighted by atomic mass is 10.1. The van der Waals surface area contributed by atoms with Crippen molar-refractivity contribution in [2.45, 2.75) is 12.3 Å². The summed E-state index contributed by atoms with van der Waals surface area (Å²) in [6.45, 7) is 1.51. The van der Waals surface area contributed by atoms with Gasteiger partial charge in [0.05, 0.1) is 0 Å². The number of likely N-dealkylation sites (tertiary alicyclic amines) is 1. The summed E-state index contributed by atoms with van der Waals surface area (Å²) < 4.78 is 0. The molecule has 5 heteroatoms. The number of nitrogens with zero attached hydrogens (tertiary/aromatic N) is 3. The Morgan fingerprint density at radius 2 is 2.28 bits per heavy atom. The molecule has 3 rings (SSSR count). The van der Waals surface area contributed by atoms with Gasteiger partial charge >= 0.3 is 0 Å². The van der Waals surface area contributed by atoms with E-state index in [-0.39, 0.29) is 5.91 Å². The molecule has 0 aliphatic carbocycles. The number of hydrogen-bond acceptors (Lipinski definition) is 3. The van der Waals surface area contributed by atoms with Crippen LogP contribution < -0.4 is 0 Å². The van der Waals surface area contributed by atoms with Crippen LogP contribution in [0.2, 0.25) is 0 Å². The fourth-order valence-electron chi connectivity index (χ4n) is 2.34. The van der Waals surface area contributed by atoms with E-state index in [4.69, 9.17) is 0 Å². The minimum atomic E-state index is 0.0117. The smallest absolute Gasteiger partial charge is 0.272 e. The number of aromatic amines is 1. The Hall–Kier alpha value is -2.17. The van der Waals surface area contributed by atoms with Crippen molar-refractivity contribution in [1.29, 1.82) is 0 Å². The molecular weight excluding hydrogens is 228 g/mol. The average molecular weight is 242 g/mol. The molecule has 2 aromatic rings. The third kappa shape index (κ3) is 1.99. The zero-order valence-electron chi connectivity index (χ0n) is 9.91. The first-order valence-corrected chi connectivity index (χ1v) is 6.04. The van der Waals surface area contributed by atoms with Gasteiger partial charge in [-0.3, -0.25) is 14.9 Å². The quantitative estimate of drug-likeness (QED) is 0.866. The molecule has 1 saturated heterocycles. The molecule has 0 aromatic carbocycles. The Morgan fingerprint density at radius 1 is 1.33 bits per heavy atom. The van der Waals surface area contributed by atoms with Crippen LogP contribution in [0, 0.1) is 0 Å². The predicted octanol–water partition coefficient (Wildman–Crippen LogP) is 1.43. The molecule has 1 amide bonds. The molecule has 1 fully saturated rings. The second-order valence-corrected chi connectivity index (χ2v) is 4.46. The van der Waals surface area contributed by atoms with Crippen molar-refractivity contribution in [2.24, 2.45) is 0 Å². The minimum Gasteiger partial charge on any atom is -0.337 e. The summed E-state index contributed by atoms with van der Waals surface area (Å²) in [7, 11) is 0. The normalized spacial score (nSPS) is 19.1. The van der Waals surface area contributed by atoms with Crippen LogP contribution in [0.1, 0.15) is 28.5 Å². The highest BCUT2D eigenvalue weighted by Crippen LogP contribution is 2.26. The van der Waals surface area contributed by atoms with Crippen molar-refractivity contribution in [3.8, 4) is 0 Å². The number of amides is 1. The molecule has 0 spiro atoms. The Labute approximate surface area is 105 Å². The van der Waals surface area contributed by atoms with Gasteiger partial charge in [0.2, 0.25) is 0 Å².